The average Bonchev–Trinajstić information content (AvgIpc) is 3.34. The second-order valence-corrected chi connectivity index (χ2v) is 9.39. The summed E-state index contributed by atoms with van der Waals surface area (Å²) in [5.41, 5.74) is 4.54. The van der Waals surface area contributed by atoms with Crippen LogP contribution >= 0.6 is 0 Å². The molecule has 2 N–H and O–H groups in total. The topological polar surface area (TPSA) is 93.3 Å². The highest BCUT2D eigenvalue weighted by molar-refractivity contribution is 5.71. The molecule has 0 saturated heterocycles. The minimum atomic E-state index is -2.61. The summed E-state index contributed by atoms with van der Waals surface area (Å²) >= 11 is 0. The molecule has 35 heavy (non-hydrogen) atoms. The Balaban J connectivity index is 1.72. The van der Waals surface area contributed by atoms with Crippen LogP contribution in [0.3, 0.4) is 0 Å². The van der Waals surface area contributed by atoms with Gasteiger partial charge < -0.3 is 19.7 Å². The Morgan fingerprint density at radius 3 is 2.71 bits per heavy atom. The molecule has 1 saturated carbocycles. The maximum atomic E-state index is 13.9. The summed E-state index contributed by atoms with van der Waals surface area (Å²) in [5.74, 6) is -1.04. The van der Waals surface area contributed by atoms with Crippen LogP contribution in [0.5, 0.6) is 5.75 Å². The largest absolute Gasteiger partial charge is 0.491 e. The molecule has 2 unspecified atom stereocenters. The molecule has 3 aromatic rings. The first kappa shape index (κ1) is 25.2. The van der Waals surface area contributed by atoms with Crippen molar-refractivity contribution in [2.24, 2.45) is 5.92 Å². The number of halogens is 2. The number of aryl methyl sites for hydroxylation is 2. The van der Waals surface area contributed by atoms with Crippen LogP contribution in [0.2, 0.25) is 0 Å². The summed E-state index contributed by atoms with van der Waals surface area (Å²) < 4.78 is 38.9. The lowest BCUT2D eigenvalue weighted by Crippen LogP contribution is -2.29. The molecule has 7 nitrogen and oxygen atoms in total. The second-order valence-electron chi connectivity index (χ2n) is 9.39. The van der Waals surface area contributed by atoms with Crippen molar-refractivity contribution in [3.8, 4) is 28.4 Å². The lowest BCUT2D eigenvalue weighted by molar-refractivity contribution is 0.00504. The minimum absolute atomic E-state index is 0.0792. The number of aromatic nitrogens is 3. The molecule has 0 spiro atoms. The molecule has 0 amide bonds. The summed E-state index contributed by atoms with van der Waals surface area (Å²) in [6, 6.07) is 7.35. The van der Waals surface area contributed by atoms with E-state index in [4.69, 9.17) is 19.2 Å². The molecule has 0 bridgehead atoms. The van der Waals surface area contributed by atoms with Gasteiger partial charge in [0.1, 0.15) is 24.2 Å². The molecule has 2 atom stereocenters. The van der Waals surface area contributed by atoms with Crippen LogP contribution in [0.4, 0.5) is 8.78 Å². The number of likely N-dealkylation sites (N-methyl/N-ethyl adjacent to an activating group) is 1. The number of aliphatic hydroxyl groups is 1. The highest BCUT2D eigenvalue weighted by Gasteiger charge is 2.39. The van der Waals surface area contributed by atoms with E-state index < -0.39 is 12.0 Å². The van der Waals surface area contributed by atoms with E-state index in [1.54, 1.807) is 13.1 Å². The van der Waals surface area contributed by atoms with Crippen LogP contribution in [0, 0.1) is 26.7 Å². The second kappa shape index (κ2) is 10.4. The highest BCUT2D eigenvalue weighted by atomic mass is 19.3. The summed E-state index contributed by atoms with van der Waals surface area (Å²) in [6.07, 6.45) is 0.0980. The SMILES string of the molecule is CNCC(O)COc1cccc(-c2nc(CC3CCC(F)(F)C3)c(C)c(-c3c(C)noc3C)n2)c1. The minimum Gasteiger partial charge on any atom is -0.491 e. The number of nitrogens with one attached hydrogen (secondary N) is 1. The molecule has 9 heteroatoms. The van der Waals surface area contributed by atoms with Gasteiger partial charge in [-0.15, -0.1) is 0 Å². The fourth-order valence-corrected chi connectivity index (χ4v) is 4.66. The predicted molar refractivity (Wildman–Crippen MR) is 129 cm³/mol. The zero-order chi connectivity index (χ0) is 25.2. The van der Waals surface area contributed by atoms with Gasteiger partial charge >= 0.3 is 0 Å². The van der Waals surface area contributed by atoms with E-state index in [1.807, 2.05) is 39.0 Å². The lowest BCUT2D eigenvalue weighted by atomic mass is 9.95. The molecule has 2 aromatic heterocycles. The Morgan fingerprint density at radius 1 is 1.26 bits per heavy atom. The predicted octanol–water partition coefficient (Wildman–Crippen LogP) is 4.66. The molecule has 1 aromatic carbocycles. The molecule has 1 aliphatic carbocycles. The Morgan fingerprint density at radius 2 is 2.06 bits per heavy atom. The maximum Gasteiger partial charge on any atom is 0.248 e. The summed E-state index contributed by atoms with van der Waals surface area (Å²) in [4.78, 5) is 9.69. The fourth-order valence-electron chi connectivity index (χ4n) is 4.66. The van der Waals surface area contributed by atoms with Gasteiger partial charge in [0.15, 0.2) is 5.82 Å². The number of hydrogen-bond acceptors (Lipinski definition) is 7. The van der Waals surface area contributed by atoms with E-state index in [9.17, 15) is 13.9 Å². The zero-order valence-corrected chi connectivity index (χ0v) is 20.6. The Kier molecular flexibility index (Phi) is 7.47. The van der Waals surface area contributed by atoms with E-state index in [0.717, 1.165) is 22.4 Å². The van der Waals surface area contributed by atoms with Crippen LogP contribution in [0.15, 0.2) is 28.8 Å². The molecule has 0 aliphatic heterocycles. The number of nitrogens with zero attached hydrogens (tertiary/aromatic N) is 3. The van der Waals surface area contributed by atoms with E-state index in [1.165, 1.54) is 0 Å². The Bertz CT molecular complexity index is 1160. The third-order valence-electron chi connectivity index (χ3n) is 6.48. The number of rotatable bonds is 9. The van der Waals surface area contributed by atoms with Gasteiger partial charge in [-0.3, -0.25) is 0 Å². The van der Waals surface area contributed by atoms with E-state index in [2.05, 4.69) is 10.5 Å². The van der Waals surface area contributed by atoms with Crippen LogP contribution in [0.1, 0.15) is 42.0 Å². The fraction of sp³-hybridized carbons (Fsp3) is 0.500. The standard InChI is InChI=1S/C26H32F2N4O3/c1-15-22(10-18-8-9-26(27,28)12-18)30-25(31-24(15)23-16(2)32-35-17(23)3)19-6-5-7-21(11-19)34-14-20(33)13-29-4/h5-7,11,18,20,29,33H,8-10,12-14H2,1-4H3. The molecule has 2 heterocycles. The zero-order valence-electron chi connectivity index (χ0n) is 20.6. The molecule has 1 fully saturated rings. The monoisotopic (exact) mass is 486 g/mol. The molecule has 1 aliphatic rings. The van der Waals surface area contributed by atoms with Gasteiger partial charge in [-0.2, -0.15) is 0 Å². The Hall–Kier alpha value is -2.91. The third-order valence-corrected chi connectivity index (χ3v) is 6.48. The van der Waals surface area contributed by atoms with Gasteiger partial charge in [-0.05, 0) is 64.3 Å². The molecular weight excluding hydrogens is 454 g/mol. The number of hydrogen-bond donors (Lipinski definition) is 2. The van der Waals surface area contributed by atoms with Gasteiger partial charge in [-0.1, -0.05) is 17.3 Å². The van der Waals surface area contributed by atoms with Crippen molar-refractivity contribution in [1.82, 2.24) is 20.4 Å². The van der Waals surface area contributed by atoms with Crippen molar-refractivity contribution in [2.75, 3.05) is 20.2 Å². The highest BCUT2D eigenvalue weighted by Crippen LogP contribution is 2.41. The first-order chi connectivity index (χ1) is 16.7. The van der Waals surface area contributed by atoms with Crippen LogP contribution in [0.25, 0.3) is 22.6 Å². The third kappa shape index (κ3) is 5.85. The van der Waals surface area contributed by atoms with Gasteiger partial charge in [0.05, 0.1) is 17.0 Å². The average molecular weight is 487 g/mol. The smallest absolute Gasteiger partial charge is 0.248 e. The van der Waals surface area contributed by atoms with Crippen molar-refractivity contribution in [3.63, 3.8) is 0 Å². The van der Waals surface area contributed by atoms with E-state index >= 15 is 0 Å². The van der Waals surface area contributed by atoms with E-state index in [-0.39, 0.29) is 25.4 Å². The summed E-state index contributed by atoms with van der Waals surface area (Å²) in [5, 5.41) is 16.9. The summed E-state index contributed by atoms with van der Waals surface area (Å²) in [7, 11) is 1.76. The van der Waals surface area contributed by atoms with E-state index in [0.29, 0.717) is 48.1 Å². The van der Waals surface area contributed by atoms with Crippen molar-refractivity contribution < 1.29 is 23.1 Å². The Labute approximate surface area is 203 Å². The van der Waals surface area contributed by atoms with Crippen LogP contribution < -0.4 is 10.1 Å². The van der Waals surface area contributed by atoms with Crippen LogP contribution in [-0.4, -0.2) is 52.5 Å². The summed E-state index contributed by atoms with van der Waals surface area (Å²) in [6.45, 7) is 6.18. The molecule has 4 rings (SSSR count). The van der Waals surface area contributed by atoms with Gasteiger partial charge in [-0.25, -0.2) is 18.7 Å². The van der Waals surface area contributed by atoms with Crippen molar-refractivity contribution >= 4 is 0 Å². The first-order valence-electron chi connectivity index (χ1n) is 11.9. The number of ether oxygens (including phenoxy) is 1. The quantitative estimate of drug-likeness (QED) is 0.454. The molecule has 0 radical (unpaired) electrons. The first-order valence-corrected chi connectivity index (χ1v) is 11.9. The molecule has 188 valence electrons. The maximum absolute atomic E-state index is 13.9. The lowest BCUT2D eigenvalue weighted by Gasteiger charge is -2.16. The van der Waals surface area contributed by atoms with Crippen molar-refractivity contribution in [1.29, 1.82) is 0 Å². The van der Waals surface area contributed by atoms with Crippen LogP contribution in [-0.2, 0) is 6.42 Å². The van der Waals surface area contributed by atoms with Crippen molar-refractivity contribution in [2.45, 2.75) is 58.5 Å². The van der Waals surface area contributed by atoms with Gasteiger partial charge in [0.2, 0.25) is 5.92 Å². The number of benzene rings is 1. The van der Waals surface area contributed by atoms with Crippen molar-refractivity contribution in [3.05, 3.63) is 47.0 Å². The van der Waals surface area contributed by atoms with Gasteiger partial charge in [0.25, 0.3) is 0 Å². The normalized spacial score (nSPS) is 18.1. The number of aliphatic hydroxyl groups excluding tert-OH is 1. The molecular formula is C26H32F2N4O3. The van der Waals surface area contributed by atoms with Gasteiger partial charge in [0, 0.05) is 30.6 Å². The number of alkyl halides is 2.